The lowest BCUT2D eigenvalue weighted by atomic mass is 10.1. The molecule has 74 valence electrons. The van der Waals surface area contributed by atoms with Gasteiger partial charge >= 0.3 is 5.97 Å². The quantitative estimate of drug-likeness (QED) is 0.399. The molecule has 1 atom stereocenters. The lowest BCUT2D eigenvalue weighted by Gasteiger charge is -2.09. The van der Waals surface area contributed by atoms with E-state index in [4.69, 9.17) is 0 Å². The van der Waals surface area contributed by atoms with Crippen molar-refractivity contribution >= 4 is 5.97 Å². The molecule has 13 heavy (non-hydrogen) atoms. The maximum absolute atomic E-state index is 11.0. The summed E-state index contributed by atoms with van der Waals surface area (Å²) in [7, 11) is 1.27. The Bertz CT molecular complexity index is 214. The molecular formula is C10H16O3. The van der Waals surface area contributed by atoms with E-state index in [9.17, 15) is 9.90 Å². The molecule has 0 bridgehead atoms. The fraction of sp³-hybridized carbons (Fsp3) is 0.600. The van der Waals surface area contributed by atoms with Crippen molar-refractivity contribution in [3.8, 4) is 0 Å². The van der Waals surface area contributed by atoms with Crippen LogP contribution in [0.15, 0.2) is 17.9 Å². The molecule has 3 heteroatoms. The largest absolute Gasteiger partial charge is 0.465 e. The summed E-state index contributed by atoms with van der Waals surface area (Å²) in [6.45, 7) is 5.35. The summed E-state index contributed by atoms with van der Waals surface area (Å²) in [6, 6.07) is 0. The molecule has 0 aromatic heterocycles. The Morgan fingerprint density at radius 3 is 2.69 bits per heavy atom. The molecule has 0 rings (SSSR count). The number of hydrogen-bond donors (Lipinski definition) is 1. The summed E-state index contributed by atoms with van der Waals surface area (Å²) in [5.74, 6) is -0.557. The number of aliphatic hydroxyl groups is 1. The Balaban J connectivity index is 4.25. The van der Waals surface area contributed by atoms with Gasteiger partial charge in [-0.1, -0.05) is 26.3 Å². The van der Waals surface area contributed by atoms with E-state index in [1.807, 2.05) is 6.92 Å². The minimum Gasteiger partial charge on any atom is -0.465 e. The summed E-state index contributed by atoms with van der Waals surface area (Å²) < 4.78 is 4.47. The zero-order valence-electron chi connectivity index (χ0n) is 8.17. The van der Waals surface area contributed by atoms with Crippen molar-refractivity contribution in [2.45, 2.75) is 32.3 Å². The van der Waals surface area contributed by atoms with E-state index in [1.54, 1.807) is 0 Å². The third-order valence-corrected chi connectivity index (χ3v) is 1.76. The molecule has 3 nitrogen and oxygen atoms in total. The van der Waals surface area contributed by atoms with Gasteiger partial charge in [0.2, 0.25) is 0 Å². The highest BCUT2D eigenvalue weighted by Crippen LogP contribution is 2.10. The van der Waals surface area contributed by atoms with E-state index < -0.39 is 12.1 Å². The maximum atomic E-state index is 11.0. The van der Waals surface area contributed by atoms with Crippen LogP contribution >= 0.6 is 0 Å². The monoisotopic (exact) mass is 184 g/mol. The molecule has 0 heterocycles. The summed E-state index contributed by atoms with van der Waals surface area (Å²) in [4.78, 5) is 11.0. The first-order valence-electron chi connectivity index (χ1n) is 4.33. The van der Waals surface area contributed by atoms with Crippen LogP contribution in [0.3, 0.4) is 0 Å². The fourth-order valence-electron chi connectivity index (χ4n) is 0.978. The van der Waals surface area contributed by atoms with Crippen LogP contribution < -0.4 is 0 Å². The Morgan fingerprint density at radius 1 is 1.69 bits per heavy atom. The van der Waals surface area contributed by atoms with E-state index in [1.165, 1.54) is 7.11 Å². The highest BCUT2D eigenvalue weighted by atomic mass is 16.5. The second-order valence-corrected chi connectivity index (χ2v) is 2.74. The highest BCUT2D eigenvalue weighted by molar-refractivity contribution is 5.89. The Labute approximate surface area is 78.7 Å². The van der Waals surface area contributed by atoms with Crippen LogP contribution in [0.2, 0.25) is 0 Å². The Kier molecular flexibility index (Phi) is 5.94. The number of unbranched alkanes of at least 4 members (excludes halogenated alkanes) is 1. The van der Waals surface area contributed by atoms with Crippen LogP contribution in [0.4, 0.5) is 0 Å². The topological polar surface area (TPSA) is 46.5 Å². The molecule has 0 spiro atoms. The molecule has 0 saturated carbocycles. The van der Waals surface area contributed by atoms with Crippen LogP contribution in [0.25, 0.3) is 0 Å². The molecule has 1 N–H and O–H groups in total. The lowest BCUT2D eigenvalue weighted by Crippen LogP contribution is -2.18. The van der Waals surface area contributed by atoms with Crippen LogP contribution in [0, 0.1) is 0 Å². The second kappa shape index (κ2) is 6.46. The molecule has 0 fully saturated rings. The van der Waals surface area contributed by atoms with Gasteiger partial charge in [0, 0.05) is 0 Å². The van der Waals surface area contributed by atoms with Gasteiger partial charge in [0.25, 0.3) is 0 Å². The van der Waals surface area contributed by atoms with Crippen molar-refractivity contribution in [1.29, 1.82) is 0 Å². The predicted molar refractivity (Wildman–Crippen MR) is 50.2 cm³/mol. The average molecular weight is 184 g/mol. The first kappa shape index (κ1) is 11.9. The zero-order chi connectivity index (χ0) is 10.3. The smallest absolute Gasteiger partial charge is 0.344 e. The summed E-state index contributed by atoms with van der Waals surface area (Å²) in [5, 5.41) is 9.50. The van der Waals surface area contributed by atoms with E-state index >= 15 is 0 Å². The van der Waals surface area contributed by atoms with Crippen molar-refractivity contribution in [1.82, 2.24) is 0 Å². The van der Waals surface area contributed by atoms with Crippen LogP contribution in [0.1, 0.15) is 26.2 Å². The number of esters is 1. The minimum atomic E-state index is -0.801. The van der Waals surface area contributed by atoms with E-state index in [0.717, 1.165) is 12.8 Å². The third-order valence-electron chi connectivity index (χ3n) is 1.76. The lowest BCUT2D eigenvalue weighted by molar-refractivity contribution is -0.137. The molecule has 0 aliphatic heterocycles. The van der Waals surface area contributed by atoms with Gasteiger partial charge in [-0.15, -0.1) is 5.73 Å². The second-order valence-electron chi connectivity index (χ2n) is 2.74. The van der Waals surface area contributed by atoms with Crippen molar-refractivity contribution in [3.05, 3.63) is 17.9 Å². The van der Waals surface area contributed by atoms with Crippen molar-refractivity contribution in [3.63, 3.8) is 0 Å². The number of aliphatic hydroxyl groups excluding tert-OH is 1. The number of hydrogen-bond acceptors (Lipinski definition) is 3. The number of methoxy groups -OCH3 is 1. The van der Waals surface area contributed by atoms with Gasteiger partial charge in [-0.05, 0) is 6.42 Å². The third kappa shape index (κ3) is 3.92. The average Bonchev–Trinajstić information content (AvgIpc) is 2.15. The van der Waals surface area contributed by atoms with Gasteiger partial charge in [0.05, 0.1) is 13.2 Å². The summed E-state index contributed by atoms with van der Waals surface area (Å²) in [5.41, 5.74) is 2.52. The Hall–Kier alpha value is -1.05. The normalized spacial score (nSPS) is 11.6. The van der Waals surface area contributed by atoms with Gasteiger partial charge < -0.3 is 9.84 Å². The van der Waals surface area contributed by atoms with Gasteiger partial charge in [-0.3, -0.25) is 0 Å². The van der Waals surface area contributed by atoms with Crippen LogP contribution in [0.5, 0.6) is 0 Å². The fourth-order valence-corrected chi connectivity index (χ4v) is 0.978. The number of carbonyl (C=O) groups excluding carboxylic acids is 1. The van der Waals surface area contributed by atoms with Crippen molar-refractivity contribution in [2.75, 3.05) is 7.11 Å². The number of ether oxygens (including phenoxy) is 1. The first-order valence-corrected chi connectivity index (χ1v) is 4.33. The Morgan fingerprint density at radius 2 is 2.31 bits per heavy atom. The number of rotatable bonds is 5. The SMILES string of the molecule is C=C=C(C(=O)OC)C(O)CCCC. The predicted octanol–water partition coefficient (Wildman–Crippen LogP) is 1.42. The minimum absolute atomic E-state index is 0.121. The van der Waals surface area contributed by atoms with Gasteiger partial charge in [-0.2, -0.15) is 0 Å². The van der Waals surface area contributed by atoms with Gasteiger partial charge in [0.1, 0.15) is 5.57 Å². The van der Waals surface area contributed by atoms with E-state index in [2.05, 4.69) is 17.0 Å². The molecule has 1 unspecified atom stereocenters. The molecule has 0 aliphatic carbocycles. The van der Waals surface area contributed by atoms with Gasteiger partial charge in [0.15, 0.2) is 0 Å². The highest BCUT2D eigenvalue weighted by Gasteiger charge is 2.17. The van der Waals surface area contributed by atoms with Crippen molar-refractivity contribution in [2.24, 2.45) is 0 Å². The number of carbonyl (C=O) groups is 1. The molecule has 0 aromatic rings. The van der Waals surface area contributed by atoms with E-state index in [-0.39, 0.29) is 5.57 Å². The molecule has 0 aliphatic rings. The molecular weight excluding hydrogens is 168 g/mol. The van der Waals surface area contributed by atoms with Crippen molar-refractivity contribution < 1.29 is 14.6 Å². The van der Waals surface area contributed by atoms with Gasteiger partial charge in [-0.25, -0.2) is 4.79 Å². The zero-order valence-corrected chi connectivity index (χ0v) is 8.17. The molecule has 0 saturated heterocycles. The molecule has 0 amide bonds. The van der Waals surface area contributed by atoms with Crippen LogP contribution in [-0.2, 0) is 9.53 Å². The summed E-state index contributed by atoms with van der Waals surface area (Å²) in [6.07, 6.45) is 1.58. The molecule has 0 aromatic carbocycles. The first-order chi connectivity index (χ1) is 6.17. The summed E-state index contributed by atoms with van der Waals surface area (Å²) >= 11 is 0. The van der Waals surface area contributed by atoms with Crippen LogP contribution in [-0.4, -0.2) is 24.3 Å². The standard InChI is InChI=1S/C10H16O3/c1-4-6-7-9(11)8(5-2)10(12)13-3/h9,11H,2,4,6-7H2,1,3H3. The molecule has 0 radical (unpaired) electrons. The maximum Gasteiger partial charge on any atom is 0.344 e. The van der Waals surface area contributed by atoms with E-state index in [0.29, 0.717) is 6.42 Å².